The van der Waals surface area contributed by atoms with E-state index < -0.39 is 24.8 Å². The maximum absolute atomic E-state index is 13.2. The van der Waals surface area contributed by atoms with E-state index in [4.69, 9.17) is 0 Å². The van der Waals surface area contributed by atoms with Crippen LogP contribution in [-0.2, 0) is 12.7 Å². The van der Waals surface area contributed by atoms with Gasteiger partial charge in [0.05, 0.1) is 5.69 Å². The van der Waals surface area contributed by atoms with Gasteiger partial charge in [0.2, 0.25) is 0 Å². The Morgan fingerprint density at radius 2 is 1.79 bits per heavy atom. The van der Waals surface area contributed by atoms with E-state index in [1.807, 2.05) is 11.8 Å². The molecule has 28 heavy (non-hydrogen) atoms. The number of likely N-dealkylation sites (tertiary alicyclic amines) is 1. The summed E-state index contributed by atoms with van der Waals surface area (Å²) in [5, 5.41) is 3.94. The normalized spacial score (nSPS) is 34.6. The minimum Gasteiger partial charge on any atom is -0.300 e. The summed E-state index contributed by atoms with van der Waals surface area (Å²) < 4.78 is 65.3. The highest BCUT2D eigenvalue weighted by molar-refractivity contribution is 8.00. The third kappa shape index (κ3) is 3.26. The van der Waals surface area contributed by atoms with Crippen molar-refractivity contribution in [1.29, 1.82) is 0 Å². The lowest BCUT2D eigenvalue weighted by molar-refractivity contribution is -0.144. The molecule has 0 bridgehead atoms. The zero-order chi connectivity index (χ0) is 19.7. The molecule has 1 spiro atoms. The Morgan fingerprint density at radius 3 is 2.29 bits per heavy atom. The molecule has 3 heterocycles. The minimum absolute atomic E-state index is 0.00966. The molecule has 2 aliphatic heterocycles. The van der Waals surface area contributed by atoms with Gasteiger partial charge in [0, 0.05) is 12.0 Å². The summed E-state index contributed by atoms with van der Waals surface area (Å²) in [7, 11) is 0. The van der Waals surface area contributed by atoms with Crippen molar-refractivity contribution in [3.63, 3.8) is 0 Å². The van der Waals surface area contributed by atoms with Gasteiger partial charge in [-0.1, -0.05) is 0 Å². The van der Waals surface area contributed by atoms with Crippen molar-refractivity contribution in [2.24, 2.45) is 17.3 Å². The number of hydrogen-bond donors (Lipinski definition) is 0. The van der Waals surface area contributed by atoms with Gasteiger partial charge >= 0.3 is 6.18 Å². The summed E-state index contributed by atoms with van der Waals surface area (Å²) in [6, 6.07) is 1.53. The molecule has 2 aliphatic carbocycles. The van der Waals surface area contributed by atoms with Crippen molar-refractivity contribution in [1.82, 2.24) is 14.7 Å². The first-order valence-corrected chi connectivity index (χ1v) is 11.2. The maximum Gasteiger partial charge on any atom is 0.433 e. The molecule has 3 nitrogen and oxygen atoms in total. The fourth-order valence-electron chi connectivity index (χ4n) is 5.69. The van der Waals surface area contributed by atoms with E-state index >= 15 is 0 Å². The molecule has 5 rings (SSSR count). The van der Waals surface area contributed by atoms with Crippen LogP contribution in [0.1, 0.15) is 43.0 Å². The van der Waals surface area contributed by atoms with Crippen molar-refractivity contribution >= 4 is 11.8 Å². The number of nitrogens with zero attached hydrogens (tertiary/aromatic N) is 3. The number of fused-ring (bicyclic) bond motifs is 1. The molecule has 4 fully saturated rings. The van der Waals surface area contributed by atoms with Gasteiger partial charge in [0.1, 0.15) is 12.2 Å². The van der Waals surface area contributed by atoms with E-state index in [1.165, 1.54) is 24.3 Å². The highest BCUT2D eigenvalue weighted by Crippen LogP contribution is 2.64. The predicted octanol–water partition coefficient (Wildman–Crippen LogP) is 4.49. The molecule has 0 radical (unpaired) electrons. The second-order valence-electron chi connectivity index (χ2n) is 9.03. The van der Waals surface area contributed by atoms with E-state index in [2.05, 4.69) is 10.00 Å². The van der Waals surface area contributed by atoms with E-state index in [9.17, 15) is 22.0 Å². The van der Waals surface area contributed by atoms with Crippen molar-refractivity contribution in [3.8, 4) is 0 Å². The zero-order valence-corrected chi connectivity index (χ0v) is 16.3. The lowest BCUT2D eigenvalue weighted by atomic mass is 9.80. The van der Waals surface area contributed by atoms with Crippen LogP contribution in [0.5, 0.6) is 0 Å². The van der Waals surface area contributed by atoms with Crippen LogP contribution in [0.3, 0.4) is 0 Å². The van der Waals surface area contributed by atoms with Gasteiger partial charge in [0.15, 0.2) is 0 Å². The Kier molecular flexibility index (Phi) is 4.51. The summed E-state index contributed by atoms with van der Waals surface area (Å²) in [5.74, 6) is 3.31. The predicted molar refractivity (Wildman–Crippen MR) is 96.5 cm³/mol. The highest BCUT2D eigenvalue weighted by atomic mass is 32.2. The molecule has 2 saturated heterocycles. The van der Waals surface area contributed by atoms with Crippen LogP contribution in [0, 0.1) is 17.3 Å². The maximum atomic E-state index is 13.2. The first kappa shape index (κ1) is 19.2. The molecule has 0 N–H and O–H groups in total. The first-order chi connectivity index (χ1) is 13.3. The fraction of sp³-hybridized carbons (Fsp3) is 0.842. The summed E-state index contributed by atoms with van der Waals surface area (Å²) in [6.45, 7) is 1.26. The van der Waals surface area contributed by atoms with Gasteiger partial charge in [-0.15, -0.1) is 0 Å². The molecule has 1 aromatic heterocycles. The van der Waals surface area contributed by atoms with Gasteiger partial charge in [-0.25, -0.2) is 8.78 Å². The smallest absolute Gasteiger partial charge is 0.300 e. The number of thioether (sulfide) groups is 1. The number of piperidine rings is 1. The molecule has 0 aromatic carbocycles. The van der Waals surface area contributed by atoms with Crippen LogP contribution in [0.25, 0.3) is 0 Å². The van der Waals surface area contributed by atoms with Crippen LogP contribution in [0.4, 0.5) is 22.0 Å². The summed E-state index contributed by atoms with van der Waals surface area (Å²) >= 11 is 2.04. The van der Waals surface area contributed by atoms with E-state index in [1.54, 1.807) is 0 Å². The molecular weight excluding hydrogens is 397 g/mol. The number of hydrogen-bond acceptors (Lipinski definition) is 3. The van der Waals surface area contributed by atoms with Gasteiger partial charge in [-0.3, -0.25) is 4.68 Å². The van der Waals surface area contributed by atoms with Gasteiger partial charge in [-0.05, 0) is 73.6 Å². The lowest BCUT2D eigenvalue weighted by Crippen LogP contribution is -2.49. The third-order valence-electron chi connectivity index (χ3n) is 7.35. The monoisotopic (exact) mass is 421 g/mol. The molecule has 4 aliphatic rings. The number of rotatable bonds is 4. The van der Waals surface area contributed by atoms with E-state index in [0.717, 1.165) is 32.0 Å². The van der Waals surface area contributed by atoms with Gasteiger partial charge in [-0.2, -0.15) is 30.0 Å². The molecule has 2 saturated carbocycles. The van der Waals surface area contributed by atoms with Gasteiger partial charge in [0.25, 0.3) is 6.43 Å². The summed E-state index contributed by atoms with van der Waals surface area (Å²) in [5.41, 5.74) is -0.119. The molecule has 0 amide bonds. The molecule has 156 valence electrons. The average molecular weight is 421 g/mol. The Hall–Kier alpha value is -0.830. The summed E-state index contributed by atoms with van der Waals surface area (Å²) in [4.78, 5) is 2.58. The Balaban J connectivity index is 1.22. The zero-order valence-electron chi connectivity index (χ0n) is 15.5. The fourth-order valence-corrected chi connectivity index (χ4v) is 7.05. The van der Waals surface area contributed by atoms with Crippen LogP contribution in [-0.4, -0.2) is 51.7 Å². The van der Waals surface area contributed by atoms with Crippen molar-refractivity contribution in [2.75, 3.05) is 24.6 Å². The SMILES string of the molecule is FC(F)Cn1nc(C2C3CC(N4CCC5(CC4)CSC5)CC32)cc1C(F)(F)F. The number of halogens is 5. The van der Waals surface area contributed by atoms with Gasteiger partial charge < -0.3 is 4.90 Å². The first-order valence-electron chi connectivity index (χ1n) is 10.0. The van der Waals surface area contributed by atoms with E-state index in [-0.39, 0.29) is 5.92 Å². The van der Waals surface area contributed by atoms with Crippen LogP contribution in [0.2, 0.25) is 0 Å². The number of alkyl halides is 5. The molecule has 2 unspecified atom stereocenters. The largest absolute Gasteiger partial charge is 0.433 e. The third-order valence-corrected chi connectivity index (χ3v) is 8.99. The van der Waals surface area contributed by atoms with E-state index in [0.29, 0.717) is 33.7 Å². The van der Waals surface area contributed by atoms with Crippen LogP contribution in [0.15, 0.2) is 6.07 Å². The topological polar surface area (TPSA) is 21.1 Å². The molecule has 2 atom stereocenters. The Morgan fingerprint density at radius 1 is 1.14 bits per heavy atom. The average Bonchev–Trinajstić information content (AvgIpc) is 2.95. The Labute approximate surface area is 165 Å². The van der Waals surface area contributed by atoms with Crippen molar-refractivity contribution in [2.45, 2.75) is 56.8 Å². The molecule has 1 aromatic rings. The van der Waals surface area contributed by atoms with Crippen molar-refractivity contribution in [3.05, 3.63) is 17.5 Å². The number of aromatic nitrogens is 2. The van der Waals surface area contributed by atoms with Crippen molar-refractivity contribution < 1.29 is 22.0 Å². The summed E-state index contributed by atoms with van der Waals surface area (Å²) in [6.07, 6.45) is -2.98. The second-order valence-corrected chi connectivity index (χ2v) is 10.0. The lowest BCUT2D eigenvalue weighted by Gasteiger charge is -2.48. The molecular formula is C19H24F5N3S. The molecule has 9 heteroatoms. The van der Waals surface area contributed by atoms with Crippen LogP contribution < -0.4 is 0 Å². The standard InChI is InChI=1S/C19H24F5N3S/c20-16(21)8-27-15(19(22,23)24)7-14(25-27)17-12-5-11(6-13(12)17)26-3-1-18(2-4-26)9-28-10-18/h7,11-13,16-17H,1-6,8-10H2. The quantitative estimate of drug-likeness (QED) is 0.669. The second kappa shape index (κ2) is 6.59. The minimum atomic E-state index is -4.66. The Bertz CT molecular complexity index is 722. The van der Waals surface area contributed by atoms with Crippen LogP contribution >= 0.6 is 11.8 Å². The highest BCUT2D eigenvalue weighted by Gasteiger charge is 2.59.